The Balaban J connectivity index is 2.02. The summed E-state index contributed by atoms with van der Waals surface area (Å²) in [6.07, 6.45) is 4.03. The van der Waals surface area contributed by atoms with E-state index in [4.69, 9.17) is 11.6 Å². The van der Waals surface area contributed by atoms with Crippen molar-refractivity contribution < 1.29 is 0 Å². The van der Waals surface area contributed by atoms with Gasteiger partial charge in [0, 0.05) is 6.54 Å². The highest BCUT2D eigenvalue weighted by molar-refractivity contribution is 6.32. The standard InChI is InChI=1S/C16H18ClN3O/c1-3-9-20-16(21)15(17)14(11-19-20)18-8-7-13-6-4-5-12(2)10-13/h3-6,10-11,18H,1,7-9H2,2H3. The first kappa shape index (κ1) is 15.3. The summed E-state index contributed by atoms with van der Waals surface area (Å²) in [4.78, 5) is 11.9. The van der Waals surface area contributed by atoms with E-state index in [-0.39, 0.29) is 10.6 Å². The molecular weight excluding hydrogens is 286 g/mol. The van der Waals surface area contributed by atoms with Crippen molar-refractivity contribution in [2.24, 2.45) is 0 Å². The minimum Gasteiger partial charge on any atom is -0.382 e. The fraction of sp³-hybridized carbons (Fsp3) is 0.250. The number of benzene rings is 1. The Kier molecular flexibility index (Phi) is 5.17. The first-order valence-corrected chi connectivity index (χ1v) is 7.15. The number of aromatic nitrogens is 2. The van der Waals surface area contributed by atoms with Crippen molar-refractivity contribution >= 4 is 17.3 Å². The second kappa shape index (κ2) is 7.09. The van der Waals surface area contributed by atoms with Gasteiger partial charge in [-0.25, -0.2) is 4.68 Å². The van der Waals surface area contributed by atoms with Gasteiger partial charge in [0.25, 0.3) is 5.56 Å². The van der Waals surface area contributed by atoms with E-state index in [2.05, 4.69) is 42.1 Å². The van der Waals surface area contributed by atoms with Gasteiger partial charge in [0.05, 0.1) is 18.4 Å². The van der Waals surface area contributed by atoms with E-state index in [0.29, 0.717) is 18.8 Å². The summed E-state index contributed by atoms with van der Waals surface area (Å²) in [5, 5.41) is 7.38. The molecule has 0 fully saturated rings. The van der Waals surface area contributed by atoms with Gasteiger partial charge in [-0.2, -0.15) is 5.10 Å². The largest absolute Gasteiger partial charge is 0.382 e. The Morgan fingerprint density at radius 2 is 2.29 bits per heavy atom. The average Bonchev–Trinajstić information content (AvgIpc) is 2.47. The topological polar surface area (TPSA) is 46.9 Å². The fourth-order valence-corrected chi connectivity index (χ4v) is 2.26. The maximum Gasteiger partial charge on any atom is 0.287 e. The molecule has 1 aromatic heterocycles. The van der Waals surface area contributed by atoms with Crippen molar-refractivity contribution in [2.75, 3.05) is 11.9 Å². The molecule has 2 aromatic rings. The van der Waals surface area contributed by atoms with Gasteiger partial charge in [-0.05, 0) is 18.9 Å². The molecule has 0 aliphatic rings. The van der Waals surface area contributed by atoms with Crippen LogP contribution in [0.5, 0.6) is 0 Å². The van der Waals surface area contributed by atoms with Gasteiger partial charge in [-0.1, -0.05) is 47.5 Å². The molecule has 5 heteroatoms. The highest BCUT2D eigenvalue weighted by Crippen LogP contribution is 2.15. The molecule has 1 N–H and O–H groups in total. The van der Waals surface area contributed by atoms with Crippen LogP contribution in [0.25, 0.3) is 0 Å². The molecule has 0 atom stereocenters. The molecule has 0 saturated heterocycles. The molecule has 110 valence electrons. The molecule has 0 aliphatic heterocycles. The van der Waals surface area contributed by atoms with Crippen LogP contribution in [-0.4, -0.2) is 16.3 Å². The monoisotopic (exact) mass is 303 g/mol. The number of hydrogen-bond acceptors (Lipinski definition) is 3. The third kappa shape index (κ3) is 3.95. The van der Waals surface area contributed by atoms with Crippen LogP contribution in [0.3, 0.4) is 0 Å². The normalized spacial score (nSPS) is 10.4. The molecule has 0 saturated carbocycles. The third-order valence-electron chi connectivity index (χ3n) is 3.10. The summed E-state index contributed by atoms with van der Waals surface area (Å²) in [5.74, 6) is 0. The summed E-state index contributed by atoms with van der Waals surface area (Å²) in [7, 11) is 0. The molecule has 0 spiro atoms. The van der Waals surface area contributed by atoms with Crippen LogP contribution in [0.15, 0.2) is 47.9 Å². The smallest absolute Gasteiger partial charge is 0.287 e. The third-order valence-corrected chi connectivity index (χ3v) is 3.46. The molecule has 0 radical (unpaired) electrons. The summed E-state index contributed by atoms with van der Waals surface area (Å²) in [6.45, 7) is 6.69. The zero-order valence-electron chi connectivity index (χ0n) is 12.0. The SMILES string of the molecule is C=CCn1ncc(NCCc2cccc(C)c2)c(Cl)c1=O. The molecular formula is C16H18ClN3O. The molecule has 4 nitrogen and oxygen atoms in total. The number of nitrogens with one attached hydrogen (secondary N) is 1. The predicted molar refractivity (Wildman–Crippen MR) is 87.1 cm³/mol. The Labute approximate surface area is 129 Å². The summed E-state index contributed by atoms with van der Waals surface area (Å²) >= 11 is 6.07. The minimum absolute atomic E-state index is 0.163. The first-order valence-electron chi connectivity index (χ1n) is 6.77. The second-order valence-corrected chi connectivity index (χ2v) is 5.19. The summed E-state index contributed by atoms with van der Waals surface area (Å²) < 4.78 is 1.28. The zero-order chi connectivity index (χ0) is 15.2. The highest BCUT2D eigenvalue weighted by Gasteiger charge is 2.08. The summed E-state index contributed by atoms with van der Waals surface area (Å²) in [6, 6.07) is 8.33. The number of rotatable bonds is 6. The number of hydrogen-bond donors (Lipinski definition) is 1. The Morgan fingerprint density at radius 3 is 3.00 bits per heavy atom. The Hall–Kier alpha value is -2.07. The van der Waals surface area contributed by atoms with Gasteiger partial charge < -0.3 is 5.32 Å². The lowest BCUT2D eigenvalue weighted by Crippen LogP contribution is -2.24. The van der Waals surface area contributed by atoms with Gasteiger partial charge >= 0.3 is 0 Å². The van der Waals surface area contributed by atoms with E-state index >= 15 is 0 Å². The quantitative estimate of drug-likeness (QED) is 0.834. The first-order chi connectivity index (χ1) is 10.1. The minimum atomic E-state index is -0.308. The van der Waals surface area contributed by atoms with Crippen molar-refractivity contribution in [3.63, 3.8) is 0 Å². The van der Waals surface area contributed by atoms with Crippen LogP contribution in [0.4, 0.5) is 5.69 Å². The van der Waals surface area contributed by atoms with E-state index in [1.54, 1.807) is 12.3 Å². The van der Waals surface area contributed by atoms with E-state index in [9.17, 15) is 4.79 Å². The van der Waals surface area contributed by atoms with Crippen LogP contribution >= 0.6 is 11.6 Å². The fourth-order valence-electron chi connectivity index (χ4n) is 2.05. The van der Waals surface area contributed by atoms with Gasteiger partial charge in [0.2, 0.25) is 0 Å². The molecule has 0 bridgehead atoms. The van der Waals surface area contributed by atoms with Crippen molar-refractivity contribution in [3.05, 3.63) is 69.6 Å². The molecule has 0 unspecified atom stereocenters. The van der Waals surface area contributed by atoms with Crippen LogP contribution in [0, 0.1) is 6.92 Å². The van der Waals surface area contributed by atoms with Gasteiger partial charge in [-0.15, -0.1) is 6.58 Å². The van der Waals surface area contributed by atoms with Gasteiger partial charge in [0.1, 0.15) is 5.02 Å². The molecule has 0 amide bonds. The number of aryl methyl sites for hydroxylation is 1. The van der Waals surface area contributed by atoms with Crippen LogP contribution in [0.2, 0.25) is 5.02 Å². The summed E-state index contributed by atoms with van der Waals surface area (Å²) in [5.41, 5.74) is 2.73. The van der Waals surface area contributed by atoms with Crippen LogP contribution in [-0.2, 0) is 13.0 Å². The van der Waals surface area contributed by atoms with E-state index in [1.807, 2.05) is 6.07 Å². The Morgan fingerprint density at radius 1 is 1.48 bits per heavy atom. The maximum atomic E-state index is 11.9. The number of anilines is 1. The van der Waals surface area contributed by atoms with Crippen LogP contribution in [0.1, 0.15) is 11.1 Å². The van der Waals surface area contributed by atoms with E-state index in [0.717, 1.165) is 6.42 Å². The molecule has 0 aliphatic carbocycles. The Bertz CT molecular complexity index is 694. The maximum absolute atomic E-state index is 11.9. The van der Waals surface area contributed by atoms with Crippen molar-refractivity contribution in [1.82, 2.24) is 9.78 Å². The highest BCUT2D eigenvalue weighted by atomic mass is 35.5. The van der Waals surface area contributed by atoms with E-state index in [1.165, 1.54) is 15.8 Å². The molecule has 2 rings (SSSR count). The number of allylic oxidation sites excluding steroid dienone is 1. The average molecular weight is 304 g/mol. The van der Waals surface area contributed by atoms with Gasteiger partial charge in [-0.3, -0.25) is 4.79 Å². The molecule has 21 heavy (non-hydrogen) atoms. The zero-order valence-corrected chi connectivity index (χ0v) is 12.7. The van der Waals surface area contributed by atoms with Crippen molar-refractivity contribution in [1.29, 1.82) is 0 Å². The lowest BCUT2D eigenvalue weighted by molar-refractivity contribution is 0.653. The molecule has 1 heterocycles. The lowest BCUT2D eigenvalue weighted by atomic mass is 10.1. The van der Waals surface area contributed by atoms with E-state index < -0.39 is 0 Å². The number of nitrogens with zero attached hydrogens (tertiary/aromatic N) is 2. The second-order valence-electron chi connectivity index (χ2n) is 4.81. The van der Waals surface area contributed by atoms with Gasteiger partial charge in [0.15, 0.2) is 0 Å². The van der Waals surface area contributed by atoms with Crippen molar-refractivity contribution in [2.45, 2.75) is 19.9 Å². The lowest BCUT2D eigenvalue weighted by Gasteiger charge is -2.09. The van der Waals surface area contributed by atoms with Crippen molar-refractivity contribution in [3.8, 4) is 0 Å². The molecule has 1 aromatic carbocycles. The number of halogens is 1. The van der Waals surface area contributed by atoms with Crippen LogP contribution < -0.4 is 10.9 Å². The predicted octanol–water partition coefficient (Wildman–Crippen LogP) is 3.05.